The van der Waals surface area contributed by atoms with Crippen molar-refractivity contribution in [3.05, 3.63) is 53.9 Å². The Bertz CT molecular complexity index is 1070. The molecule has 1 N–H and O–H groups in total. The van der Waals surface area contributed by atoms with Crippen LogP contribution in [0.3, 0.4) is 0 Å². The van der Waals surface area contributed by atoms with Crippen LogP contribution in [-0.4, -0.2) is 48.4 Å². The van der Waals surface area contributed by atoms with E-state index in [1.54, 1.807) is 44.7 Å². The molecule has 0 saturated carbocycles. The minimum Gasteiger partial charge on any atom is -0.493 e. The maximum absolute atomic E-state index is 11.1. The lowest BCUT2D eigenvalue weighted by atomic mass is 9.87. The summed E-state index contributed by atoms with van der Waals surface area (Å²) in [6, 6.07) is 10.7. The topological polar surface area (TPSA) is 70.0 Å². The van der Waals surface area contributed by atoms with E-state index in [2.05, 4.69) is 4.98 Å². The van der Waals surface area contributed by atoms with Crippen molar-refractivity contribution in [2.75, 3.05) is 28.4 Å². The number of halogens is 3. The lowest BCUT2D eigenvalue weighted by Crippen LogP contribution is -2.33. The van der Waals surface area contributed by atoms with Crippen LogP contribution in [0, 0.1) is 0 Å². The molecule has 0 spiro atoms. The van der Waals surface area contributed by atoms with E-state index < -0.39 is 15.8 Å². The summed E-state index contributed by atoms with van der Waals surface area (Å²) in [6.45, 7) is 0. The number of benzene rings is 2. The van der Waals surface area contributed by atoms with Crippen LogP contribution in [0.15, 0.2) is 42.6 Å². The quantitative estimate of drug-likeness (QED) is 0.467. The van der Waals surface area contributed by atoms with Crippen LogP contribution in [0.2, 0.25) is 0 Å². The number of aromatic nitrogens is 1. The molecular weight excluding hydrogens is 465 g/mol. The number of hydrogen-bond acceptors (Lipinski definition) is 6. The molecular formula is C22H22Cl3NO5. The Balaban J connectivity index is 2.29. The number of rotatable bonds is 7. The molecule has 0 amide bonds. The molecule has 31 heavy (non-hydrogen) atoms. The molecule has 166 valence electrons. The lowest BCUT2D eigenvalue weighted by molar-refractivity contribution is 0.159. The molecule has 0 aliphatic heterocycles. The van der Waals surface area contributed by atoms with E-state index in [9.17, 15) is 5.11 Å². The van der Waals surface area contributed by atoms with Gasteiger partial charge in [0.2, 0.25) is 3.79 Å². The molecule has 0 saturated heterocycles. The molecule has 1 heterocycles. The van der Waals surface area contributed by atoms with Crippen LogP contribution in [0.25, 0.3) is 10.8 Å². The molecule has 0 fully saturated rings. The highest BCUT2D eigenvalue weighted by Gasteiger charge is 2.40. The highest BCUT2D eigenvalue weighted by molar-refractivity contribution is 6.68. The summed E-state index contributed by atoms with van der Waals surface area (Å²) in [5.41, 5.74) is 1.13. The number of methoxy groups -OCH3 is 4. The molecule has 0 aliphatic rings. The van der Waals surface area contributed by atoms with Gasteiger partial charge >= 0.3 is 0 Å². The van der Waals surface area contributed by atoms with E-state index in [0.29, 0.717) is 39.6 Å². The van der Waals surface area contributed by atoms with Gasteiger partial charge in [-0.05, 0) is 41.3 Å². The summed E-state index contributed by atoms with van der Waals surface area (Å²) in [7, 11) is 6.17. The fourth-order valence-electron chi connectivity index (χ4n) is 3.49. The number of hydrogen-bond donors (Lipinski definition) is 1. The summed E-state index contributed by atoms with van der Waals surface area (Å²) in [5.74, 6) is 1.29. The summed E-state index contributed by atoms with van der Waals surface area (Å²) in [6.07, 6.45) is 0.212. The minimum absolute atomic E-state index is 0.473. The number of aliphatic hydroxyl groups is 1. The van der Waals surface area contributed by atoms with Crippen molar-refractivity contribution >= 4 is 45.6 Å². The average molecular weight is 487 g/mol. The molecule has 0 bridgehead atoms. The number of nitrogens with zero attached hydrogens (tertiary/aromatic N) is 1. The fourth-order valence-corrected chi connectivity index (χ4v) is 3.87. The number of ether oxygens (including phenoxy) is 4. The van der Waals surface area contributed by atoms with E-state index in [-0.39, 0.29) is 0 Å². The third kappa shape index (κ3) is 4.72. The Kier molecular flexibility index (Phi) is 7.27. The smallest absolute Gasteiger partial charge is 0.217 e. The van der Waals surface area contributed by atoms with Crippen molar-refractivity contribution < 1.29 is 24.1 Å². The van der Waals surface area contributed by atoms with Crippen LogP contribution in [0.5, 0.6) is 23.0 Å². The molecule has 0 radical (unpaired) electrons. The highest BCUT2D eigenvalue weighted by Crippen LogP contribution is 2.45. The van der Waals surface area contributed by atoms with Crippen LogP contribution in [0.4, 0.5) is 0 Å². The SMILES string of the molecule is COc1ccc([C@H](c2nccc3cc(OC)c(OC)cc23)[C@@H](O)C(Cl)(Cl)Cl)cc1OC. The Morgan fingerprint density at radius 1 is 0.806 bits per heavy atom. The molecule has 0 unspecified atom stereocenters. The van der Waals surface area contributed by atoms with E-state index in [4.69, 9.17) is 53.8 Å². The fraction of sp³-hybridized carbons (Fsp3) is 0.318. The van der Waals surface area contributed by atoms with Gasteiger partial charge in [-0.2, -0.15) is 0 Å². The van der Waals surface area contributed by atoms with Gasteiger partial charge in [0, 0.05) is 11.6 Å². The van der Waals surface area contributed by atoms with Gasteiger partial charge in [0.1, 0.15) is 6.10 Å². The first-order valence-corrected chi connectivity index (χ1v) is 10.4. The van der Waals surface area contributed by atoms with Gasteiger partial charge in [-0.25, -0.2) is 0 Å². The molecule has 9 heteroatoms. The zero-order valence-electron chi connectivity index (χ0n) is 17.4. The normalized spacial score (nSPS) is 13.5. The first-order valence-electron chi connectivity index (χ1n) is 9.22. The zero-order valence-corrected chi connectivity index (χ0v) is 19.6. The molecule has 0 aliphatic carbocycles. The van der Waals surface area contributed by atoms with Gasteiger partial charge in [0.15, 0.2) is 23.0 Å². The average Bonchev–Trinajstić information content (AvgIpc) is 2.77. The van der Waals surface area contributed by atoms with E-state index >= 15 is 0 Å². The Hall–Kier alpha value is -2.12. The molecule has 1 aromatic heterocycles. The van der Waals surface area contributed by atoms with Crippen molar-refractivity contribution in [1.29, 1.82) is 0 Å². The summed E-state index contributed by atoms with van der Waals surface area (Å²) in [4.78, 5) is 4.54. The number of alkyl halides is 3. The van der Waals surface area contributed by atoms with Crippen molar-refractivity contribution in [3.8, 4) is 23.0 Å². The predicted octanol–water partition coefficient (Wildman–Crippen LogP) is 5.13. The molecule has 3 rings (SSSR count). The maximum Gasteiger partial charge on any atom is 0.217 e. The van der Waals surface area contributed by atoms with Gasteiger partial charge in [0.25, 0.3) is 0 Å². The van der Waals surface area contributed by atoms with Gasteiger partial charge in [-0.15, -0.1) is 0 Å². The zero-order chi connectivity index (χ0) is 22.8. The number of aliphatic hydroxyl groups excluding tert-OH is 1. The van der Waals surface area contributed by atoms with Crippen LogP contribution in [-0.2, 0) is 0 Å². The Morgan fingerprint density at radius 2 is 1.39 bits per heavy atom. The van der Waals surface area contributed by atoms with Crippen molar-refractivity contribution in [2.45, 2.75) is 15.8 Å². The van der Waals surface area contributed by atoms with E-state index in [1.807, 2.05) is 12.1 Å². The summed E-state index contributed by atoms with van der Waals surface area (Å²) >= 11 is 18.4. The van der Waals surface area contributed by atoms with E-state index in [0.717, 1.165) is 5.39 Å². The maximum atomic E-state index is 11.1. The van der Waals surface area contributed by atoms with E-state index in [1.165, 1.54) is 14.2 Å². The Morgan fingerprint density at radius 3 is 1.97 bits per heavy atom. The molecule has 6 nitrogen and oxygen atoms in total. The first-order chi connectivity index (χ1) is 14.7. The molecule has 2 aromatic carbocycles. The predicted molar refractivity (Wildman–Crippen MR) is 123 cm³/mol. The molecule has 2 atom stereocenters. The second-order valence-corrected chi connectivity index (χ2v) is 9.07. The van der Waals surface area contributed by atoms with Crippen molar-refractivity contribution in [1.82, 2.24) is 4.98 Å². The third-order valence-electron chi connectivity index (χ3n) is 5.01. The first kappa shape index (κ1) is 23.5. The number of pyridine rings is 1. The van der Waals surface area contributed by atoms with Crippen LogP contribution in [0.1, 0.15) is 17.2 Å². The lowest BCUT2D eigenvalue weighted by Gasteiger charge is -2.29. The van der Waals surface area contributed by atoms with Gasteiger partial charge in [-0.3, -0.25) is 4.98 Å². The highest BCUT2D eigenvalue weighted by atomic mass is 35.6. The van der Waals surface area contributed by atoms with Crippen molar-refractivity contribution in [3.63, 3.8) is 0 Å². The van der Waals surface area contributed by atoms with Crippen LogP contribution >= 0.6 is 34.8 Å². The van der Waals surface area contributed by atoms with Gasteiger partial charge in [0.05, 0.1) is 40.1 Å². The Labute approximate surface area is 195 Å². The second kappa shape index (κ2) is 9.57. The van der Waals surface area contributed by atoms with Crippen LogP contribution < -0.4 is 18.9 Å². The third-order valence-corrected chi connectivity index (χ3v) is 5.68. The summed E-state index contributed by atoms with van der Waals surface area (Å²) in [5, 5.41) is 12.6. The van der Waals surface area contributed by atoms with Gasteiger partial charge in [-0.1, -0.05) is 40.9 Å². The minimum atomic E-state index is -1.97. The molecule has 3 aromatic rings. The standard InChI is InChI=1S/C22H22Cl3NO5/c1-28-15-6-5-13(10-16(15)29-2)19(21(27)22(23,24)25)20-14-11-18(31-4)17(30-3)9-12(14)7-8-26-20/h5-11,19,21,27H,1-4H3/t19-,21-/m1/s1. The summed E-state index contributed by atoms with van der Waals surface area (Å²) < 4.78 is 19.6. The van der Waals surface area contributed by atoms with Crippen molar-refractivity contribution in [2.24, 2.45) is 0 Å². The monoisotopic (exact) mass is 485 g/mol. The second-order valence-electron chi connectivity index (χ2n) is 6.70. The largest absolute Gasteiger partial charge is 0.493 e. The van der Waals surface area contributed by atoms with Gasteiger partial charge < -0.3 is 24.1 Å². The number of fused-ring (bicyclic) bond motifs is 1.